The average Bonchev–Trinajstić information content (AvgIpc) is 2.61. The largest absolute Gasteiger partial charge is 0.378 e. The molecule has 24 heavy (non-hydrogen) atoms. The second-order valence-corrected chi connectivity index (χ2v) is 5.77. The molecule has 2 fully saturated rings. The molecule has 1 aromatic carbocycles. The Labute approximate surface area is 139 Å². The first kappa shape index (κ1) is 16.3. The van der Waals surface area contributed by atoms with Crippen molar-refractivity contribution in [3.05, 3.63) is 24.3 Å². The Morgan fingerprint density at radius 3 is 2.54 bits per heavy atom. The van der Waals surface area contributed by atoms with E-state index in [0.29, 0.717) is 18.9 Å². The highest BCUT2D eigenvalue weighted by Crippen LogP contribution is 2.20. The standard InChI is InChI=1S/C16H20N4O4/c1-19-15(22)13(10-17-16(19)23)14(21)18-11-2-4-12(5-3-11)20-6-8-24-9-7-20/h2-5,13H,6-10H2,1H3,(H,17,23)(H,18,21). The van der Waals surface area contributed by atoms with Crippen molar-refractivity contribution < 1.29 is 19.1 Å². The average molecular weight is 332 g/mol. The predicted molar refractivity (Wildman–Crippen MR) is 87.8 cm³/mol. The molecule has 1 aromatic rings. The topological polar surface area (TPSA) is 91.0 Å². The highest BCUT2D eigenvalue weighted by molar-refractivity contribution is 6.12. The lowest BCUT2D eigenvalue weighted by Crippen LogP contribution is -2.56. The van der Waals surface area contributed by atoms with Crippen LogP contribution in [0.1, 0.15) is 0 Å². The number of anilines is 2. The number of ether oxygens (including phenoxy) is 1. The van der Waals surface area contributed by atoms with Crippen molar-refractivity contribution in [1.29, 1.82) is 0 Å². The Bertz CT molecular complexity index is 640. The zero-order valence-electron chi connectivity index (χ0n) is 13.4. The number of carbonyl (C=O) groups is 3. The lowest BCUT2D eigenvalue weighted by molar-refractivity contribution is -0.138. The fourth-order valence-corrected chi connectivity index (χ4v) is 2.74. The molecule has 0 aliphatic carbocycles. The minimum Gasteiger partial charge on any atom is -0.378 e. The second kappa shape index (κ2) is 6.88. The second-order valence-electron chi connectivity index (χ2n) is 5.77. The first-order valence-corrected chi connectivity index (χ1v) is 7.85. The molecule has 3 rings (SSSR count). The molecule has 2 saturated heterocycles. The van der Waals surface area contributed by atoms with Gasteiger partial charge in [0.05, 0.1) is 13.2 Å². The molecule has 2 aliphatic rings. The Kier molecular flexibility index (Phi) is 4.66. The van der Waals surface area contributed by atoms with Gasteiger partial charge in [0.25, 0.3) is 0 Å². The van der Waals surface area contributed by atoms with Crippen molar-refractivity contribution >= 4 is 29.2 Å². The fourth-order valence-electron chi connectivity index (χ4n) is 2.74. The summed E-state index contributed by atoms with van der Waals surface area (Å²) in [5.74, 6) is -1.83. The van der Waals surface area contributed by atoms with Crippen molar-refractivity contribution in [1.82, 2.24) is 10.2 Å². The minimum atomic E-state index is -0.911. The Hall–Kier alpha value is -2.61. The number of nitrogens with one attached hydrogen (secondary N) is 2. The molecule has 8 nitrogen and oxygen atoms in total. The van der Waals surface area contributed by atoms with Gasteiger partial charge in [-0.2, -0.15) is 0 Å². The number of imide groups is 1. The van der Waals surface area contributed by atoms with Gasteiger partial charge in [-0.1, -0.05) is 0 Å². The van der Waals surface area contributed by atoms with E-state index in [4.69, 9.17) is 4.74 Å². The quantitative estimate of drug-likeness (QED) is 0.775. The number of benzene rings is 1. The van der Waals surface area contributed by atoms with Crippen LogP contribution in [0, 0.1) is 5.92 Å². The van der Waals surface area contributed by atoms with Crippen molar-refractivity contribution in [3.63, 3.8) is 0 Å². The van der Waals surface area contributed by atoms with Gasteiger partial charge < -0.3 is 20.3 Å². The van der Waals surface area contributed by atoms with Crippen molar-refractivity contribution in [2.75, 3.05) is 50.1 Å². The smallest absolute Gasteiger partial charge is 0.323 e. The van der Waals surface area contributed by atoms with E-state index < -0.39 is 23.8 Å². The number of nitrogens with zero attached hydrogens (tertiary/aromatic N) is 2. The van der Waals surface area contributed by atoms with Gasteiger partial charge in [0.2, 0.25) is 11.8 Å². The number of carbonyl (C=O) groups excluding carboxylic acids is 3. The van der Waals surface area contributed by atoms with Crippen molar-refractivity contribution in [3.8, 4) is 0 Å². The summed E-state index contributed by atoms with van der Waals surface area (Å²) in [6.07, 6.45) is 0. The molecule has 4 amide bonds. The molecule has 0 spiro atoms. The van der Waals surface area contributed by atoms with E-state index in [1.165, 1.54) is 7.05 Å². The molecular formula is C16H20N4O4. The lowest BCUT2D eigenvalue weighted by Gasteiger charge is -2.29. The summed E-state index contributed by atoms with van der Waals surface area (Å²) in [6.45, 7) is 3.12. The number of hydrogen-bond donors (Lipinski definition) is 2. The molecule has 0 bridgehead atoms. The first-order chi connectivity index (χ1) is 11.6. The molecule has 0 saturated carbocycles. The zero-order valence-corrected chi connectivity index (χ0v) is 13.4. The summed E-state index contributed by atoms with van der Waals surface area (Å²) in [5, 5.41) is 5.24. The van der Waals surface area contributed by atoms with Crippen LogP contribution in [0.2, 0.25) is 0 Å². The lowest BCUT2D eigenvalue weighted by atomic mass is 10.1. The number of urea groups is 1. The van der Waals surface area contributed by atoms with Gasteiger partial charge in [-0.25, -0.2) is 4.79 Å². The van der Waals surface area contributed by atoms with E-state index in [-0.39, 0.29) is 6.54 Å². The third-order valence-electron chi connectivity index (χ3n) is 4.22. The maximum absolute atomic E-state index is 12.3. The molecule has 2 N–H and O–H groups in total. The summed E-state index contributed by atoms with van der Waals surface area (Å²) >= 11 is 0. The van der Waals surface area contributed by atoms with Gasteiger partial charge in [-0.05, 0) is 24.3 Å². The fraction of sp³-hybridized carbons (Fsp3) is 0.438. The summed E-state index contributed by atoms with van der Waals surface area (Å²) in [6, 6.07) is 6.98. The van der Waals surface area contributed by atoms with Crippen LogP contribution in [0.4, 0.5) is 16.2 Å². The van der Waals surface area contributed by atoms with Crippen LogP contribution in [-0.2, 0) is 14.3 Å². The minimum absolute atomic E-state index is 0.0136. The molecule has 128 valence electrons. The van der Waals surface area contributed by atoms with E-state index in [9.17, 15) is 14.4 Å². The first-order valence-electron chi connectivity index (χ1n) is 7.85. The number of hydrogen-bond acceptors (Lipinski definition) is 5. The Morgan fingerprint density at radius 2 is 1.88 bits per heavy atom. The maximum Gasteiger partial charge on any atom is 0.323 e. The van der Waals surface area contributed by atoms with Crippen LogP contribution in [0.5, 0.6) is 0 Å². The molecule has 2 aliphatic heterocycles. The van der Waals surface area contributed by atoms with Crippen LogP contribution in [-0.4, -0.2) is 62.6 Å². The van der Waals surface area contributed by atoms with Gasteiger partial charge in [0, 0.05) is 38.1 Å². The summed E-state index contributed by atoms with van der Waals surface area (Å²) in [4.78, 5) is 38.8. The van der Waals surface area contributed by atoms with Crippen LogP contribution in [0.25, 0.3) is 0 Å². The normalized spacial score (nSPS) is 21.5. The Balaban J connectivity index is 1.62. The third kappa shape index (κ3) is 3.33. The molecule has 2 heterocycles. The van der Waals surface area contributed by atoms with Gasteiger partial charge in [-0.3, -0.25) is 14.5 Å². The SMILES string of the molecule is CN1C(=O)NCC(C(=O)Nc2ccc(N3CCOCC3)cc2)C1=O. The number of amides is 4. The van der Waals surface area contributed by atoms with Gasteiger partial charge >= 0.3 is 6.03 Å². The number of morpholine rings is 1. The van der Waals surface area contributed by atoms with Gasteiger partial charge in [0.1, 0.15) is 5.92 Å². The van der Waals surface area contributed by atoms with Crippen LogP contribution >= 0.6 is 0 Å². The monoisotopic (exact) mass is 332 g/mol. The summed E-state index contributed by atoms with van der Waals surface area (Å²) < 4.78 is 5.33. The summed E-state index contributed by atoms with van der Waals surface area (Å²) in [5.41, 5.74) is 1.68. The third-order valence-corrected chi connectivity index (χ3v) is 4.22. The Morgan fingerprint density at radius 1 is 1.21 bits per heavy atom. The molecule has 1 unspecified atom stereocenters. The van der Waals surface area contributed by atoms with E-state index in [2.05, 4.69) is 15.5 Å². The van der Waals surface area contributed by atoms with Gasteiger partial charge in [0.15, 0.2) is 0 Å². The van der Waals surface area contributed by atoms with E-state index in [0.717, 1.165) is 23.7 Å². The van der Waals surface area contributed by atoms with Crippen LogP contribution in [0.3, 0.4) is 0 Å². The molecular weight excluding hydrogens is 312 g/mol. The van der Waals surface area contributed by atoms with Gasteiger partial charge in [-0.15, -0.1) is 0 Å². The number of rotatable bonds is 3. The van der Waals surface area contributed by atoms with Crippen molar-refractivity contribution in [2.24, 2.45) is 5.92 Å². The van der Waals surface area contributed by atoms with E-state index >= 15 is 0 Å². The molecule has 8 heteroatoms. The molecule has 0 aromatic heterocycles. The van der Waals surface area contributed by atoms with Crippen LogP contribution in [0.15, 0.2) is 24.3 Å². The van der Waals surface area contributed by atoms with E-state index in [1.54, 1.807) is 12.1 Å². The van der Waals surface area contributed by atoms with E-state index in [1.807, 2.05) is 12.1 Å². The summed E-state index contributed by atoms with van der Waals surface area (Å²) in [7, 11) is 1.36. The highest BCUT2D eigenvalue weighted by Gasteiger charge is 2.36. The molecule has 0 radical (unpaired) electrons. The van der Waals surface area contributed by atoms with Crippen molar-refractivity contribution in [2.45, 2.75) is 0 Å². The highest BCUT2D eigenvalue weighted by atomic mass is 16.5. The zero-order chi connectivity index (χ0) is 17.1. The maximum atomic E-state index is 12.3. The molecule has 1 atom stereocenters. The predicted octanol–water partition coefficient (Wildman–Crippen LogP) is 0.260. The van der Waals surface area contributed by atoms with Crippen LogP contribution < -0.4 is 15.5 Å².